The first-order valence-corrected chi connectivity index (χ1v) is 8.48. The first-order chi connectivity index (χ1) is 12.2. The predicted octanol–water partition coefficient (Wildman–Crippen LogP) is 3.01. The lowest BCUT2D eigenvalue weighted by molar-refractivity contribution is 0.289. The molecular formula is C17H17FN4O2S. The number of thioether (sulfide) groups is 1. The van der Waals surface area contributed by atoms with E-state index in [0.29, 0.717) is 33.8 Å². The summed E-state index contributed by atoms with van der Waals surface area (Å²) in [6.45, 7) is 0.164. The third-order valence-corrected chi connectivity index (χ3v) is 4.45. The number of nitrogens with two attached hydrogens (primary N) is 1. The zero-order chi connectivity index (χ0) is 17.6. The van der Waals surface area contributed by atoms with Gasteiger partial charge in [0.2, 0.25) is 5.16 Å². The molecule has 0 aliphatic carbocycles. The highest BCUT2D eigenvalue weighted by Gasteiger charge is 2.12. The lowest BCUT2D eigenvalue weighted by Crippen LogP contribution is -2.15. The minimum atomic E-state index is -0.250. The molecule has 25 heavy (non-hydrogen) atoms. The molecule has 0 aliphatic rings. The van der Waals surface area contributed by atoms with Crippen LogP contribution in [0.15, 0.2) is 53.7 Å². The van der Waals surface area contributed by atoms with E-state index in [1.807, 2.05) is 18.2 Å². The van der Waals surface area contributed by atoms with Crippen LogP contribution in [0.2, 0.25) is 0 Å². The maximum atomic E-state index is 13.7. The van der Waals surface area contributed by atoms with Crippen LogP contribution in [0.1, 0.15) is 11.4 Å². The van der Waals surface area contributed by atoms with Gasteiger partial charge in [0, 0.05) is 11.8 Å². The lowest BCUT2D eigenvalue weighted by Gasteiger charge is -2.08. The molecule has 0 bridgehead atoms. The minimum absolute atomic E-state index is 0.164. The van der Waals surface area contributed by atoms with Gasteiger partial charge in [-0.2, -0.15) is 0 Å². The van der Waals surface area contributed by atoms with Crippen LogP contribution in [0, 0.1) is 5.82 Å². The molecule has 2 aromatic carbocycles. The Morgan fingerprint density at radius 2 is 1.92 bits per heavy atom. The fourth-order valence-corrected chi connectivity index (χ4v) is 2.96. The monoisotopic (exact) mass is 360 g/mol. The number of hydrogen-bond acceptors (Lipinski definition) is 6. The number of nitrogens with zero attached hydrogens (tertiary/aromatic N) is 3. The Morgan fingerprint density at radius 1 is 1.12 bits per heavy atom. The molecule has 0 unspecified atom stereocenters. The standard InChI is InChI=1S/C17H17FN4O2S/c1-23-13-6-4-7-14(9-13)24-10-16-20-21-17(22(16)19)25-11-12-5-2-3-8-15(12)18/h2-9H,10-11,19H2,1H3. The Balaban J connectivity index is 1.62. The highest BCUT2D eigenvalue weighted by atomic mass is 32.2. The van der Waals surface area contributed by atoms with Gasteiger partial charge in [0.25, 0.3) is 0 Å². The van der Waals surface area contributed by atoms with E-state index in [1.54, 1.807) is 31.4 Å². The molecule has 130 valence electrons. The van der Waals surface area contributed by atoms with Gasteiger partial charge in [-0.25, -0.2) is 9.07 Å². The Hall–Kier alpha value is -2.74. The summed E-state index contributed by atoms with van der Waals surface area (Å²) in [5.41, 5.74) is 0.588. The summed E-state index contributed by atoms with van der Waals surface area (Å²) in [6.07, 6.45) is 0. The maximum absolute atomic E-state index is 13.7. The van der Waals surface area contributed by atoms with Crippen molar-refractivity contribution in [2.24, 2.45) is 0 Å². The van der Waals surface area contributed by atoms with Crippen LogP contribution in [0.4, 0.5) is 4.39 Å². The summed E-state index contributed by atoms with van der Waals surface area (Å²) in [5, 5.41) is 8.55. The number of halogens is 1. The van der Waals surface area contributed by atoms with Gasteiger partial charge < -0.3 is 15.3 Å². The Morgan fingerprint density at radius 3 is 2.72 bits per heavy atom. The van der Waals surface area contributed by atoms with Crippen molar-refractivity contribution in [3.8, 4) is 11.5 Å². The van der Waals surface area contributed by atoms with Crippen LogP contribution < -0.4 is 15.3 Å². The van der Waals surface area contributed by atoms with E-state index in [4.69, 9.17) is 15.3 Å². The van der Waals surface area contributed by atoms with Gasteiger partial charge in [-0.3, -0.25) is 0 Å². The number of rotatable bonds is 7. The number of benzene rings is 2. The van der Waals surface area contributed by atoms with Crippen LogP contribution in [-0.2, 0) is 12.4 Å². The van der Waals surface area contributed by atoms with Crippen molar-refractivity contribution in [3.63, 3.8) is 0 Å². The van der Waals surface area contributed by atoms with Crippen LogP contribution in [0.5, 0.6) is 11.5 Å². The minimum Gasteiger partial charge on any atom is -0.497 e. The first kappa shape index (κ1) is 17.1. The second-order valence-electron chi connectivity index (χ2n) is 5.12. The molecule has 6 nitrogen and oxygen atoms in total. The van der Waals surface area contributed by atoms with Crippen molar-refractivity contribution in [1.29, 1.82) is 0 Å². The van der Waals surface area contributed by atoms with Crippen LogP contribution in [0.25, 0.3) is 0 Å². The van der Waals surface area contributed by atoms with Gasteiger partial charge in [-0.15, -0.1) is 10.2 Å². The van der Waals surface area contributed by atoms with Crippen molar-refractivity contribution in [2.45, 2.75) is 17.5 Å². The molecule has 1 heterocycles. The largest absolute Gasteiger partial charge is 0.497 e. The molecule has 0 saturated heterocycles. The topological polar surface area (TPSA) is 75.2 Å². The Kier molecular flexibility index (Phi) is 5.39. The number of ether oxygens (including phenoxy) is 2. The lowest BCUT2D eigenvalue weighted by atomic mass is 10.2. The fraction of sp³-hybridized carbons (Fsp3) is 0.176. The Labute approximate surface area is 148 Å². The second kappa shape index (κ2) is 7.89. The molecular weight excluding hydrogens is 343 g/mol. The van der Waals surface area contributed by atoms with Crippen LogP contribution >= 0.6 is 11.8 Å². The molecule has 2 N–H and O–H groups in total. The molecule has 0 amide bonds. The fourth-order valence-electron chi connectivity index (χ4n) is 2.10. The molecule has 1 aromatic heterocycles. The third kappa shape index (κ3) is 4.21. The van der Waals surface area contributed by atoms with E-state index in [0.717, 1.165) is 0 Å². The maximum Gasteiger partial charge on any atom is 0.210 e. The van der Waals surface area contributed by atoms with Gasteiger partial charge in [0.05, 0.1) is 7.11 Å². The number of methoxy groups -OCH3 is 1. The molecule has 3 aromatic rings. The zero-order valence-corrected chi connectivity index (χ0v) is 14.4. The Bertz CT molecular complexity index is 856. The molecule has 0 aliphatic heterocycles. The van der Waals surface area contributed by atoms with Crippen molar-refractivity contribution in [1.82, 2.24) is 14.9 Å². The van der Waals surface area contributed by atoms with Crippen molar-refractivity contribution in [2.75, 3.05) is 13.0 Å². The van der Waals surface area contributed by atoms with Gasteiger partial charge in [0.1, 0.15) is 23.9 Å². The summed E-state index contributed by atoms with van der Waals surface area (Å²) in [6, 6.07) is 13.8. The number of aromatic nitrogens is 3. The second-order valence-corrected chi connectivity index (χ2v) is 6.06. The molecule has 0 atom stereocenters. The summed E-state index contributed by atoms with van der Waals surface area (Å²) < 4.78 is 25.8. The highest BCUT2D eigenvalue weighted by molar-refractivity contribution is 7.98. The molecule has 0 saturated carbocycles. The van der Waals surface area contributed by atoms with Gasteiger partial charge >= 0.3 is 0 Å². The molecule has 8 heteroatoms. The smallest absolute Gasteiger partial charge is 0.210 e. The van der Waals surface area contributed by atoms with Crippen LogP contribution in [-0.4, -0.2) is 22.0 Å². The molecule has 0 fully saturated rings. The highest BCUT2D eigenvalue weighted by Crippen LogP contribution is 2.23. The van der Waals surface area contributed by atoms with E-state index >= 15 is 0 Å². The first-order valence-electron chi connectivity index (χ1n) is 7.50. The summed E-state index contributed by atoms with van der Waals surface area (Å²) in [5.74, 6) is 7.98. The summed E-state index contributed by atoms with van der Waals surface area (Å²) >= 11 is 1.31. The van der Waals surface area contributed by atoms with Crippen LogP contribution in [0.3, 0.4) is 0 Å². The molecule has 3 rings (SSSR count). The van der Waals surface area contributed by atoms with E-state index in [2.05, 4.69) is 10.2 Å². The number of nitrogen functional groups attached to an aromatic ring is 1. The van der Waals surface area contributed by atoms with E-state index in [1.165, 1.54) is 22.5 Å². The average Bonchev–Trinajstić information content (AvgIpc) is 2.99. The van der Waals surface area contributed by atoms with Gasteiger partial charge in [-0.05, 0) is 23.8 Å². The van der Waals surface area contributed by atoms with E-state index < -0.39 is 0 Å². The SMILES string of the molecule is COc1cccc(OCc2nnc(SCc3ccccc3F)n2N)c1. The van der Waals surface area contributed by atoms with Gasteiger partial charge in [-0.1, -0.05) is 36.0 Å². The van der Waals surface area contributed by atoms with Crippen molar-refractivity contribution >= 4 is 11.8 Å². The zero-order valence-electron chi connectivity index (χ0n) is 13.6. The van der Waals surface area contributed by atoms with Crippen molar-refractivity contribution < 1.29 is 13.9 Å². The predicted molar refractivity (Wildman–Crippen MR) is 93.5 cm³/mol. The average molecular weight is 360 g/mol. The summed E-state index contributed by atoms with van der Waals surface area (Å²) in [7, 11) is 1.59. The van der Waals surface area contributed by atoms with Crippen molar-refractivity contribution in [3.05, 3.63) is 65.7 Å². The quantitative estimate of drug-likeness (QED) is 0.516. The molecule has 0 radical (unpaired) electrons. The number of hydrogen-bond donors (Lipinski definition) is 1. The van der Waals surface area contributed by atoms with E-state index in [9.17, 15) is 4.39 Å². The summed E-state index contributed by atoms with van der Waals surface area (Å²) in [4.78, 5) is 0. The van der Waals surface area contributed by atoms with Gasteiger partial charge in [0.15, 0.2) is 5.82 Å². The molecule has 0 spiro atoms. The van der Waals surface area contributed by atoms with E-state index in [-0.39, 0.29) is 12.4 Å². The third-order valence-electron chi connectivity index (χ3n) is 3.46. The normalized spacial score (nSPS) is 10.6.